The second-order valence-electron chi connectivity index (χ2n) is 5.86. The zero-order chi connectivity index (χ0) is 17.4. The van der Waals surface area contributed by atoms with Crippen LogP contribution < -0.4 is 5.32 Å². The third kappa shape index (κ3) is 3.30. The molecule has 0 bridgehead atoms. The Labute approximate surface area is 145 Å². The third-order valence-corrected chi connectivity index (χ3v) is 5.29. The molecule has 0 saturated heterocycles. The minimum Gasteiger partial charge on any atom is -0.369 e. The molecule has 1 N–H and O–H groups in total. The highest BCUT2D eigenvalue weighted by Crippen LogP contribution is 2.30. The van der Waals surface area contributed by atoms with E-state index in [0.29, 0.717) is 13.0 Å². The zero-order valence-corrected chi connectivity index (χ0v) is 14.0. The van der Waals surface area contributed by atoms with Gasteiger partial charge < -0.3 is 5.32 Å². The lowest BCUT2D eigenvalue weighted by atomic mass is 10.0. The van der Waals surface area contributed by atoms with Crippen molar-refractivity contribution in [3.05, 3.63) is 33.7 Å². The Balaban J connectivity index is 1.50. The summed E-state index contributed by atoms with van der Waals surface area (Å²) in [6.45, 7) is 0.461. The highest BCUT2D eigenvalue weighted by molar-refractivity contribution is 7.11. The standard InChI is InChI=1S/C15H15F3N6S/c16-15(17,18)11-7-12(24-14(23-11)20-8-21-24)19-6-5-13-22-9-3-1-2-4-10(9)25-13/h7-8,19H,1-6H2. The van der Waals surface area contributed by atoms with E-state index < -0.39 is 11.9 Å². The predicted octanol–water partition coefficient (Wildman–Crippen LogP) is 3.13. The fraction of sp³-hybridized carbons (Fsp3) is 0.467. The molecule has 6 nitrogen and oxygen atoms in total. The molecule has 132 valence electrons. The summed E-state index contributed by atoms with van der Waals surface area (Å²) in [5.41, 5.74) is 0.202. The van der Waals surface area contributed by atoms with Gasteiger partial charge in [0.15, 0.2) is 5.69 Å². The van der Waals surface area contributed by atoms with Gasteiger partial charge in [-0.3, -0.25) is 0 Å². The summed E-state index contributed by atoms with van der Waals surface area (Å²) < 4.78 is 40.2. The normalized spacial score (nSPS) is 14.7. The Hall–Kier alpha value is -2.23. The van der Waals surface area contributed by atoms with Crippen molar-refractivity contribution < 1.29 is 13.2 Å². The van der Waals surface area contributed by atoms with Crippen LogP contribution in [0.1, 0.15) is 34.1 Å². The van der Waals surface area contributed by atoms with E-state index in [1.165, 1.54) is 34.3 Å². The summed E-state index contributed by atoms with van der Waals surface area (Å²) in [5.74, 6) is 0.137. The summed E-state index contributed by atoms with van der Waals surface area (Å²) in [6.07, 6.45) is 1.79. The van der Waals surface area contributed by atoms with E-state index in [2.05, 4.69) is 25.4 Å². The van der Waals surface area contributed by atoms with E-state index in [9.17, 15) is 13.2 Å². The van der Waals surface area contributed by atoms with E-state index in [4.69, 9.17) is 0 Å². The van der Waals surface area contributed by atoms with Crippen molar-refractivity contribution in [3.63, 3.8) is 0 Å². The van der Waals surface area contributed by atoms with Gasteiger partial charge in [0.25, 0.3) is 5.78 Å². The van der Waals surface area contributed by atoms with Gasteiger partial charge in [0, 0.05) is 23.9 Å². The highest BCUT2D eigenvalue weighted by Gasteiger charge is 2.34. The summed E-state index contributed by atoms with van der Waals surface area (Å²) in [7, 11) is 0. The molecule has 0 aromatic carbocycles. The largest absolute Gasteiger partial charge is 0.433 e. The molecular formula is C15H15F3N6S. The number of aryl methyl sites for hydroxylation is 2. The van der Waals surface area contributed by atoms with Gasteiger partial charge in [-0.15, -0.1) is 11.3 Å². The third-order valence-electron chi connectivity index (χ3n) is 4.08. The molecule has 0 unspecified atom stereocenters. The first kappa shape index (κ1) is 16.2. The lowest BCUT2D eigenvalue weighted by Crippen LogP contribution is -2.14. The molecule has 0 aliphatic heterocycles. The molecule has 3 aromatic heterocycles. The minimum atomic E-state index is -4.53. The van der Waals surface area contributed by atoms with Crippen LogP contribution in [-0.4, -0.2) is 31.1 Å². The molecule has 0 saturated carbocycles. The lowest BCUT2D eigenvalue weighted by Gasteiger charge is -2.10. The highest BCUT2D eigenvalue weighted by atomic mass is 32.1. The Kier molecular flexibility index (Phi) is 4.06. The van der Waals surface area contributed by atoms with Crippen molar-refractivity contribution in [2.75, 3.05) is 11.9 Å². The number of aromatic nitrogens is 5. The minimum absolute atomic E-state index is 0.0814. The maximum atomic E-state index is 13.0. The Bertz CT molecular complexity index is 877. The molecule has 10 heteroatoms. The SMILES string of the molecule is FC(F)(F)c1cc(NCCc2nc3c(s2)CCCC3)n2ncnc2n1. The first-order valence-electron chi connectivity index (χ1n) is 8.00. The maximum absolute atomic E-state index is 13.0. The predicted molar refractivity (Wildman–Crippen MR) is 86.7 cm³/mol. The topological polar surface area (TPSA) is 68.0 Å². The van der Waals surface area contributed by atoms with Crippen LogP contribution >= 0.6 is 11.3 Å². The van der Waals surface area contributed by atoms with Crippen LogP contribution in [0.25, 0.3) is 5.78 Å². The van der Waals surface area contributed by atoms with Gasteiger partial charge in [-0.05, 0) is 25.7 Å². The number of anilines is 1. The number of hydrogen-bond donors (Lipinski definition) is 1. The number of rotatable bonds is 4. The number of halogens is 3. The van der Waals surface area contributed by atoms with Gasteiger partial charge in [0.05, 0.1) is 10.7 Å². The Morgan fingerprint density at radius 1 is 1.20 bits per heavy atom. The van der Waals surface area contributed by atoms with Crippen LogP contribution in [0, 0.1) is 0 Å². The van der Waals surface area contributed by atoms with Crippen molar-refractivity contribution >= 4 is 22.9 Å². The quantitative estimate of drug-likeness (QED) is 0.766. The van der Waals surface area contributed by atoms with Crippen molar-refractivity contribution in [2.24, 2.45) is 0 Å². The number of alkyl halides is 3. The first-order chi connectivity index (χ1) is 12.0. The molecule has 3 heterocycles. The van der Waals surface area contributed by atoms with E-state index in [1.54, 1.807) is 11.3 Å². The second kappa shape index (κ2) is 6.25. The average molecular weight is 368 g/mol. The van der Waals surface area contributed by atoms with Gasteiger partial charge in [0.1, 0.15) is 12.1 Å². The van der Waals surface area contributed by atoms with Crippen LogP contribution in [0.3, 0.4) is 0 Å². The van der Waals surface area contributed by atoms with Crippen LogP contribution in [0.2, 0.25) is 0 Å². The number of fused-ring (bicyclic) bond motifs is 2. The average Bonchev–Trinajstić information content (AvgIpc) is 3.19. The smallest absolute Gasteiger partial charge is 0.369 e. The molecule has 0 atom stereocenters. The molecular weight excluding hydrogens is 353 g/mol. The van der Waals surface area contributed by atoms with E-state index in [0.717, 1.165) is 23.9 Å². The van der Waals surface area contributed by atoms with Gasteiger partial charge >= 0.3 is 6.18 Å². The van der Waals surface area contributed by atoms with E-state index in [-0.39, 0.29) is 11.6 Å². The number of nitrogens with one attached hydrogen (secondary N) is 1. The molecule has 0 amide bonds. The summed E-state index contributed by atoms with van der Waals surface area (Å²) in [6, 6.07) is 0.953. The first-order valence-corrected chi connectivity index (χ1v) is 8.81. The van der Waals surface area contributed by atoms with Crippen molar-refractivity contribution in [1.29, 1.82) is 0 Å². The van der Waals surface area contributed by atoms with Gasteiger partial charge in [0.2, 0.25) is 0 Å². The van der Waals surface area contributed by atoms with Crippen LogP contribution in [0.5, 0.6) is 0 Å². The number of hydrogen-bond acceptors (Lipinski definition) is 6. The van der Waals surface area contributed by atoms with Crippen LogP contribution in [-0.2, 0) is 25.4 Å². The summed E-state index contributed by atoms with van der Waals surface area (Å²) in [4.78, 5) is 13.2. The Morgan fingerprint density at radius 3 is 2.84 bits per heavy atom. The second-order valence-corrected chi connectivity index (χ2v) is 7.03. The molecule has 25 heavy (non-hydrogen) atoms. The van der Waals surface area contributed by atoms with Crippen LogP contribution in [0.15, 0.2) is 12.4 Å². The van der Waals surface area contributed by atoms with Crippen molar-refractivity contribution in [2.45, 2.75) is 38.3 Å². The van der Waals surface area contributed by atoms with Gasteiger partial charge in [-0.2, -0.15) is 27.8 Å². The Morgan fingerprint density at radius 2 is 2.04 bits per heavy atom. The zero-order valence-electron chi connectivity index (χ0n) is 13.2. The van der Waals surface area contributed by atoms with Gasteiger partial charge in [-0.1, -0.05) is 0 Å². The molecule has 3 aromatic rings. The van der Waals surface area contributed by atoms with Crippen molar-refractivity contribution in [1.82, 2.24) is 24.6 Å². The summed E-state index contributed by atoms with van der Waals surface area (Å²) in [5, 5.41) is 7.94. The molecule has 0 fully saturated rings. The fourth-order valence-electron chi connectivity index (χ4n) is 2.89. The fourth-order valence-corrected chi connectivity index (χ4v) is 4.05. The molecule has 1 aliphatic rings. The monoisotopic (exact) mass is 368 g/mol. The van der Waals surface area contributed by atoms with E-state index >= 15 is 0 Å². The molecule has 0 spiro atoms. The summed E-state index contributed by atoms with van der Waals surface area (Å²) >= 11 is 1.70. The number of nitrogens with zero attached hydrogens (tertiary/aromatic N) is 5. The lowest BCUT2D eigenvalue weighted by molar-refractivity contribution is -0.141. The van der Waals surface area contributed by atoms with Crippen molar-refractivity contribution in [3.8, 4) is 0 Å². The van der Waals surface area contributed by atoms with Crippen LogP contribution in [0.4, 0.5) is 19.0 Å². The molecule has 4 rings (SSSR count). The maximum Gasteiger partial charge on any atom is 0.433 e. The molecule has 1 aliphatic carbocycles. The molecule has 0 radical (unpaired) electrons. The van der Waals surface area contributed by atoms with Gasteiger partial charge in [-0.25, -0.2) is 9.97 Å². The van der Waals surface area contributed by atoms with E-state index in [1.807, 2.05) is 0 Å². The number of thiazole rings is 1.